The van der Waals surface area contributed by atoms with Gasteiger partial charge in [-0.15, -0.1) is 11.3 Å². The quantitative estimate of drug-likeness (QED) is 0.813. The SMILES string of the molecule is CC(C)(C)c1ccc(C(O)c2ccccc2C(F)(F)F)s1. The van der Waals surface area contributed by atoms with Crippen molar-refractivity contribution < 1.29 is 18.3 Å². The molecule has 1 nitrogen and oxygen atoms in total. The van der Waals surface area contributed by atoms with E-state index < -0.39 is 17.8 Å². The van der Waals surface area contributed by atoms with Crippen LogP contribution in [-0.2, 0) is 11.6 Å². The average Bonchev–Trinajstić information content (AvgIpc) is 2.86. The van der Waals surface area contributed by atoms with Crippen molar-refractivity contribution in [1.82, 2.24) is 0 Å². The Morgan fingerprint density at radius 1 is 1.00 bits per heavy atom. The highest BCUT2D eigenvalue weighted by Crippen LogP contribution is 2.39. The molecule has 5 heteroatoms. The fraction of sp³-hybridized carbons (Fsp3) is 0.375. The topological polar surface area (TPSA) is 20.2 Å². The second-order valence-electron chi connectivity index (χ2n) is 5.94. The van der Waals surface area contributed by atoms with E-state index in [9.17, 15) is 18.3 Å². The molecule has 0 bridgehead atoms. The Balaban J connectivity index is 2.42. The van der Waals surface area contributed by atoms with Crippen molar-refractivity contribution in [1.29, 1.82) is 0 Å². The van der Waals surface area contributed by atoms with Crippen LogP contribution in [0.2, 0.25) is 0 Å². The van der Waals surface area contributed by atoms with Crippen molar-refractivity contribution in [2.75, 3.05) is 0 Å². The lowest BCUT2D eigenvalue weighted by Crippen LogP contribution is -2.12. The highest BCUT2D eigenvalue weighted by atomic mass is 32.1. The summed E-state index contributed by atoms with van der Waals surface area (Å²) >= 11 is 1.34. The number of hydrogen-bond donors (Lipinski definition) is 1. The predicted molar refractivity (Wildman–Crippen MR) is 78.5 cm³/mol. The van der Waals surface area contributed by atoms with Gasteiger partial charge in [-0.05, 0) is 29.2 Å². The van der Waals surface area contributed by atoms with Crippen molar-refractivity contribution >= 4 is 11.3 Å². The van der Waals surface area contributed by atoms with Crippen LogP contribution in [0.15, 0.2) is 36.4 Å². The van der Waals surface area contributed by atoms with Gasteiger partial charge in [0.1, 0.15) is 6.10 Å². The summed E-state index contributed by atoms with van der Waals surface area (Å²) < 4.78 is 39.0. The molecular formula is C16H17F3OS. The number of hydrogen-bond acceptors (Lipinski definition) is 2. The Hall–Kier alpha value is -1.33. The molecular weight excluding hydrogens is 297 g/mol. The van der Waals surface area contributed by atoms with E-state index in [1.165, 1.54) is 29.5 Å². The summed E-state index contributed by atoms with van der Waals surface area (Å²) in [6, 6.07) is 8.71. The summed E-state index contributed by atoms with van der Waals surface area (Å²) in [5, 5.41) is 10.3. The summed E-state index contributed by atoms with van der Waals surface area (Å²) in [5.41, 5.74) is -0.984. The molecule has 0 spiro atoms. The second kappa shape index (κ2) is 5.46. The molecule has 2 aromatic rings. The lowest BCUT2D eigenvalue weighted by Gasteiger charge is -2.17. The number of rotatable bonds is 2. The van der Waals surface area contributed by atoms with E-state index in [0.717, 1.165) is 10.9 Å². The molecule has 0 fully saturated rings. The Labute approximate surface area is 126 Å². The average molecular weight is 314 g/mol. The van der Waals surface area contributed by atoms with Crippen molar-refractivity contribution in [3.8, 4) is 0 Å². The minimum atomic E-state index is -4.47. The van der Waals surface area contributed by atoms with Crippen LogP contribution in [0.25, 0.3) is 0 Å². The number of thiophene rings is 1. The van der Waals surface area contributed by atoms with Gasteiger partial charge in [-0.25, -0.2) is 0 Å². The third kappa shape index (κ3) is 3.47. The largest absolute Gasteiger partial charge is 0.416 e. The van der Waals surface area contributed by atoms with E-state index >= 15 is 0 Å². The first kappa shape index (κ1) is 16.0. The summed E-state index contributed by atoms with van der Waals surface area (Å²) in [4.78, 5) is 1.55. The molecule has 1 heterocycles. The van der Waals surface area contributed by atoms with Crippen LogP contribution < -0.4 is 0 Å². The first-order chi connectivity index (χ1) is 9.60. The fourth-order valence-electron chi connectivity index (χ4n) is 2.05. The molecule has 1 unspecified atom stereocenters. The number of benzene rings is 1. The van der Waals surface area contributed by atoms with E-state index in [1.54, 1.807) is 6.07 Å². The van der Waals surface area contributed by atoms with Crippen LogP contribution >= 0.6 is 11.3 Å². The van der Waals surface area contributed by atoms with Crippen LogP contribution in [-0.4, -0.2) is 5.11 Å². The third-order valence-electron chi connectivity index (χ3n) is 3.20. The van der Waals surface area contributed by atoms with E-state index in [2.05, 4.69) is 0 Å². The van der Waals surface area contributed by atoms with Crippen LogP contribution in [0.3, 0.4) is 0 Å². The molecule has 0 saturated carbocycles. The maximum Gasteiger partial charge on any atom is 0.416 e. The highest BCUT2D eigenvalue weighted by molar-refractivity contribution is 7.12. The fourth-order valence-corrected chi connectivity index (χ4v) is 3.12. The van der Waals surface area contributed by atoms with Crippen molar-refractivity contribution in [3.63, 3.8) is 0 Å². The zero-order chi connectivity index (χ0) is 15.8. The molecule has 0 aliphatic carbocycles. The van der Waals surface area contributed by atoms with Crippen molar-refractivity contribution in [2.45, 2.75) is 38.5 Å². The zero-order valence-corrected chi connectivity index (χ0v) is 12.8. The van der Waals surface area contributed by atoms with Gasteiger partial charge in [-0.1, -0.05) is 39.0 Å². The van der Waals surface area contributed by atoms with Crippen LogP contribution in [0, 0.1) is 0 Å². The van der Waals surface area contributed by atoms with Gasteiger partial charge >= 0.3 is 6.18 Å². The summed E-state index contributed by atoms with van der Waals surface area (Å²) in [7, 11) is 0. The summed E-state index contributed by atoms with van der Waals surface area (Å²) in [6.45, 7) is 6.08. The van der Waals surface area contributed by atoms with Crippen LogP contribution in [0.4, 0.5) is 13.2 Å². The smallest absolute Gasteiger partial charge is 0.383 e. The molecule has 1 aromatic heterocycles. The van der Waals surface area contributed by atoms with Gasteiger partial charge in [0.05, 0.1) is 5.56 Å². The number of aliphatic hydroxyl groups excluding tert-OH is 1. The normalized spacial score (nSPS) is 14.2. The Kier molecular flexibility index (Phi) is 4.17. The molecule has 1 atom stereocenters. The molecule has 0 saturated heterocycles. The lowest BCUT2D eigenvalue weighted by molar-refractivity contribution is -0.138. The van der Waals surface area contributed by atoms with E-state index in [0.29, 0.717) is 4.88 Å². The molecule has 114 valence electrons. The van der Waals surface area contributed by atoms with E-state index in [1.807, 2.05) is 26.8 Å². The highest BCUT2D eigenvalue weighted by Gasteiger charge is 2.35. The monoisotopic (exact) mass is 314 g/mol. The third-order valence-corrected chi connectivity index (χ3v) is 4.76. The Bertz CT molecular complexity index is 623. The Morgan fingerprint density at radius 3 is 2.14 bits per heavy atom. The van der Waals surface area contributed by atoms with Gasteiger partial charge in [0.25, 0.3) is 0 Å². The predicted octanol–water partition coefficient (Wildman–Crippen LogP) is 5.15. The van der Waals surface area contributed by atoms with Gasteiger partial charge < -0.3 is 5.11 Å². The number of halogens is 3. The molecule has 0 aliphatic heterocycles. The van der Waals surface area contributed by atoms with Gasteiger partial charge in [-0.3, -0.25) is 0 Å². The first-order valence-corrected chi connectivity index (χ1v) is 7.37. The molecule has 1 N–H and O–H groups in total. The molecule has 21 heavy (non-hydrogen) atoms. The standard InChI is InChI=1S/C16H17F3OS/c1-15(2,3)13-9-8-12(21-13)14(20)10-6-4-5-7-11(10)16(17,18)19/h4-9,14,20H,1-3H3. The van der Waals surface area contributed by atoms with Crippen LogP contribution in [0.5, 0.6) is 0 Å². The van der Waals surface area contributed by atoms with E-state index in [-0.39, 0.29) is 11.0 Å². The molecule has 0 aliphatic rings. The van der Waals surface area contributed by atoms with Crippen molar-refractivity contribution in [3.05, 3.63) is 57.3 Å². The van der Waals surface area contributed by atoms with Gasteiger partial charge in [0.2, 0.25) is 0 Å². The summed E-state index contributed by atoms with van der Waals surface area (Å²) in [6.07, 6.45) is -5.73. The Morgan fingerprint density at radius 2 is 1.62 bits per heavy atom. The van der Waals surface area contributed by atoms with Crippen LogP contribution in [0.1, 0.15) is 47.8 Å². The summed E-state index contributed by atoms with van der Waals surface area (Å²) in [5.74, 6) is 0. The second-order valence-corrected chi connectivity index (χ2v) is 7.05. The molecule has 2 rings (SSSR count). The zero-order valence-electron chi connectivity index (χ0n) is 12.0. The minimum absolute atomic E-state index is 0.0911. The number of alkyl halides is 3. The maximum absolute atomic E-state index is 13.0. The number of aliphatic hydroxyl groups is 1. The lowest BCUT2D eigenvalue weighted by atomic mass is 9.95. The van der Waals surface area contributed by atoms with Gasteiger partial charge in [0, 0.05) is 9.75 Å². The molecule has 0 amide bonds. The first-order valence-electron chi connectivity index (χ1n) is 6.55. The van der Waals surface area contributed by atoms with E-state index in [4.69, 9.17) is 0 Å². The van der Waals surface area contributed by atoms with Crippen molar-refractivity contribution in [2.24, 2.45) is 0 Å². The minimum Gasteiger partial charge on any atom is -0.383 e. The van der Waals surface area contributed by atoms with Gasteiger partial charge in [0.15, 0.2) is 0 Å². The molecule has 0 radical (unpaired) electrons. The maximum atomic E-state index is 13.0. The molecule has 1 aromatic carbocycles. The van der Waals surface area contributed by atoms with Gasteiger partial charge in [-0.2, -0.15) is 13.2 Å².